The highest BCUT2D eigenvalue weighted by atomic mass is 79.9. The highest BCUT2D eigenvalue weighted by Gasteiger charge is 1.96. The summed E-state index contributed by atoms with van der Waals surface area (Å²) < 4.78 is 5.08. The first-order chi connectivity index (χ1) is 6.26. The third-order valence-corrected chi connectivity index (χ3v) is 1.67. The summed E-state index contributed by atoms with van der Waals surface area (Å²) in [5.74, 6) is 3.20. The number of anilines is 1. The van der Waals surface area contributed by atoms with Gasteiger partial charge in [-0.1, -0.05) is 15.9 Å². The average molecular weight is 244 g/mol. The molecule has 0 radical (unpaired) electrons. The molecule has 72 valence electrons. The van der Waals surface area contributed by atoms with E-state index in [4.69, 9.17) is 4.42 Å². The molecule has 0 amide bonds. The molecule has 13 heavy (non-hydrogen) atoms. The Labute approximate surface area is 87.8 Å². The summed E-state index contributed by atoms with van der Waals surface area (Å²) in [6, 6.07) is 1.93. The van der Waals surface area contributed by atoms with Crippen molar-refractivity contribution < 1.29 is 4.42 Å². The van der Waals surface area contributed by atoms with Crippen molar-refractivity contribution in [1.82, 2.24) is 0 Å². The molecule has 0 aliphatic rings. The molecule has 0 atom stereocenters. The zero-order valence-corrected chi connectivity index (χ0v) is 9.52. The van der Waals surface area contributed by atoms with Crippen LogP contribution in [0.25, 0.3) is 0 Å². The minimum absolute atomic E-state index is 0.931. The van der Waals surface area contributed by atoms with Crippen molar-refractivity contribution in [2.45, 2.75) is 13.8 Å². The summed E-state index contributed by atoms with van der Waals surface area (Å²) in [6.45, 7) is 4.52. The Morgan fingerprint density at radius 2 is 2.31 bits per heavy atom. The molecule has 1 heterocycles. The van der Waals surface area contributed by atoms with Crippen molar-refractivity contribution in [2.75, 3.05) is 17.2 Å². The second-order valence-corrected chi connectivity index (χ2v) is 3.09. The summed E-state index contributed by atoms with van der Waals surface area (Å²) >= 11 is 3.33. The predicted octanol–water partition coefficient (Wildman–Crippen LogP) is 3.03. The Balaban J connectivity index is 0.000000424. The monoisotopic (exact) mass is 243 g/mol. The van der Waals surface area contributed by atoms with Crippen LogP contribution in [0.5, 0.6) is 0 Å². The number of hydrogen-bond acceptors (Lipinski definition) is 2. The van der Waals surface area contributed by atoms with Gasteiger partial charge >= 0.3 is 0 Å². The Bertz CT molecular complexity index is 262. The largest absolute Gasteiger partial charge is 0.467 e. The van der Waals surface area contributed by atoms with Crippen molar-refractivity contribution >= 4 is 21.6 Å². The van der Waals surface area contributed by atoms with Crippen LogP contribution in [0.4, 0.5) is 5.69 Å². The second kappa shape index (κ2) is 7.75. The van der Waals surface area contributed by atoms with Crippen molar-refractivity contribution in [2.24, 2.45) is 0 Å². The summed E-state index contributed by atoms with van der Waals surface area (Å²) in [5, 5.41) is 4.16. The number of terminal acetylenes is 1. The Kier molecular flexibility index (Phi) is 7.23. The molecule has 1 aromatic rings. The van der Waals surface area contributed by atoms with E-state index < -0.39 is 0 Å². The molecule has 0 aliphatic heterocycles. The van der Waals surface area contributed by atoms with Crippen LogP contribution in [0, 0.1) is 19.3 Å². The molecule has 0 aliphatic carbocycles. The van der Waals surface area contributed by atoms with Gasteiger partial charge in [0.05, 0.1) is 12.0 Å². The molecule has 1 aromatic heterocycles. The molecule has 0 bridgehead atoms. The SMILES string of the molecule is C#CC.Cc1occc1NCCBr. The molecule has 0 fully saturated rings. The number of rotatable bonds is 3. The maximum absolute atomic E-state index is 5.08. The topological polar surface area (TPSA) is 25.2 Å². The fourth-order valence-corrected chi connectivity index (χ4v) is 0.949. The van der Waals surface area contributed by atoms with Gasteiger partial charge in [0.2, 0.25) is 0 Å². The van der Waals surface area contributed by atoms with E-state index in [1.807, 2.05) is 13.0 Å². The molecular weight excluding hydrogens is 230 g/mol. The van der Waals surface area contributed by atoms with Gasteiger partial charge in [0.1, 0.15) is 5.76 Å². The third kappa shape index (κ3) is 5.37. The van der Waals surface area contributed by atoms with Gasteiger partial charge in [0, 0.05) is 11.9 Å². The van der Waals surface area contributed by atoms with E-state index in [1.165, 1.54) is 0 Å². The quantitative estimate of drug-likeness (QED) is 0.653. The van der Waals surface area contributed by atoms with Crippen LogP contribution in [-0.2, 0) is 0 Å². The van der Waals surface area contributed by atoms with Gasteiger partial charge in [0.15, 0.2) is 0 Å². The molecular formula is C10H14BrNO. The van der Waals surface area contributed by atoms with E-state index in [2.05, 4.69) is 33.6 Å². The fraction of sp³-hybridized carbons (Fsp3) is 0.400. The number of furan rings is 1. The van der Waals surface area contributed by atoms with E-state index in [0.29, 0.717) is 0 Å². The maximum atomic E-state index is 5.08. The summed E-state index contributed by atoms with van der Waals surface area (Å²) in [7, 11) is 0. The van der Waals surface area contributed by atoms with Gasteiger partial charge in [-0.2, -0.15) is 0 Å². The van der Waals surface area contributed by atoms with Gasteiger partial charge in [-0.3, -0.25) is 0 Å². The van der Waals surface area contributed by atoms with E-state index in [0.717, 1.165) is 23.3 Å². The molecule has 1 rings (SSSR count). The predicted molar refractivity (Wildman–Crippen MR) is 60.2 cm³/mol. The average Bonchev–Trinajstić information content (AvgIpc) is 2.49. The van der Waals surface area contributed by atoms with Crippen LogP contribution in [0.1, 0.15) is 12.7 Å². The molecule has 1 N–H and O–H groups in total. The van der Waals surface area contributed by atoms with Crippen molar-refractivity contribution in [3.63, 3.8) is 0 Å². The first kappa shape index (κ1) is 12.1. The molecule has 2 nitrogen and oxygen atoms in total. The fourth-order valence-electron chi connectivity index (χ4n) is 0.750. The lowest BCUT2D eigenvalue weighted by Crippen LogP contribution is -2.01. The smallest absolute Gasteiger partial charge is 0.123 e. The lowest BCUT2D eigenvalue weighted by Gasteiger charge is -1.99. The van der Waals surface area contributed by atoms with Gasteiger partial charge in [-0.25, -0.2) is 0 Å². The zero-order valence-electron chi connectivity index (χ0n) is 7.93. The standard InChI is InChI=1S/C7H10BrNO.C3H4/c1-6-7(2-5-10-6)9-4-3-8;1-3-2/h2,5,9H,3-4H2,1H3;1H,2H3. The molecule has 0 saturated carbocycles. The number of halogens is 1. The first-order valence-corrected chi connectivity index (χ1v) is 5.09. The van der Waals surface area contributed by atoms with Crippen LogP contribution in [0.2, 0.25) is 0 Å². The van der Waals surface area contributed by atoms with Gasteiger partial charge in [-0.05, 0) is 19.9 Å². The van der Waals surface area contributed by atoms with Crippen LogP contribution in [0.15, 0.2) is 16.7 Å². The molecule has 0 aromatic carbocycles. The third-order valence-electron chi connectivity index (χ3n) is 1.27. The number of nitrogens with one attached hydrogen (secondary N) is 1. The molecule has 0 saturated heterocycles. The van der Waals surface area contributed by atoms with E-state index in [9.17, 15) is 0 Å². The maximum Gasteiger partial charge on any atom is 0.123 e. The van der Waals surface area contributed by atoms with Crippen LogP contribution < -0.4 is 5.32 Å². The van der Waals surface area contributed by atoms with Crippen LogP contribution in [-0.4, -0.2) is 11.9 Å². The van der Waals surface area contributed by atoms with Gasteiger partial charge in [-0.15, -0.1) is 12.3 Å². The summed E-state index contributed by atoms with van der Waals surface area (Å²) in [6.07, 6.45) is 6.28. The van der Waals surface area contributed by atoms with E-state index >= 15 is 0 Å². The Hall–Kier alpha value is -0.880. The second-order valence-electron chi connectivity index (χ2n) is 2.29. The Morgan fingerprint density at radius 1 is 1.69 bits per heavy atom. The van der Waals surface area contributed by atoms with Gasteiger partial charge in [0.25, 0.3) is 0 Å². The molecule has 3 heteroatoms. The van der Waals surface area contributed by atoms with Crippen molar-refractivity contribution in [1.29, 1.82) is 0 Å². The van der Waals surface area contributed by atoms with Crippen LogP contribution >= 0.6 is 15.9 Å². The summed E-state index contributed by atoms with van der Waals surface area (Å²) in [4.78, 5) is 0. The first-order valence-electron chi connectivity index (χ1n) is 3.97. The lowest BCUT2D eigenvalue weighted by atomic mass is 10.4. The van der Waals surface area contributed by atoms with E-state index in [1.54, 1.807) is 13.2 Å². The minimum atomic E-state index is 0.931. The normalized spacial score (nSPS) is 8.15. The minimum Gasteiger partial charge on any atom is -0.467 e. The Morgan fingerprint density at radius 3 is 2.69 bits per heavy atom. The highest BCUT2D eigenvalue weighted by molar-refractivity contribution is 9.09. The molecule has 0 spiro atoms. The molecule has 0 unspecified atom stereocenters. The highest BCUT2D eigenvalue weighted by Crippen LogP contribution is 2.14. The number of aryl methyl sites for hydroxylation is 1. The van der Waals surface area contributed by atoms with Crippen molar-refractivity contribution in [3.8, 4) is 12.3 Å². The number of alkyl halides is 1. The van der Waals surface area contributed by atoms with Crippen molar-refractivity contribution in [3.05, 3.63) is 18.1 Å². The lowest BCUT2D eigenvalue weighted by molar-refractivity contribution is 0.535. The van der Waals surface area contributed by atoms with Gasteiger partial charge < -0.3 is 9.73 Å². The van der Waals surface area contributed by atoms with Crippen LogP contribution in [0.3, 0.4) is 0 Å². The zero-order chi connectivity index (χ0) is 10.1. The van der Waals surface area contributed by atoms with E-state index in [-0.39, 0.29) is 0 Å². The number of hydrogen-bond donors (Lipinski definition) is 1. The summed E-state index contributed by atoms with van der Waals surface area (Å²) in [5.41, 5.74) is 1.08.